The predicted octanol–water partition coefficient (Wildman–Crippen LogP) is 3.91. The molecule has 100 valence electrons. The molecule has 0 aliphatic heterocycles. The number of allylic oxidation sites excluding steroid dienone is 1. The highest BCUT2D eigenvalue weighted by molar-refractivity contribution is 9.10. The third-order valence-electron chi connectivity index (χ3n) is 3.09. The topological polar surface area (TPSA) is 34.9 Å². The molecule has 0 N–H and O–H groups in total. The maximum absolute atomic E-state index is 12.3. The van der Waals surface area contributed by atoms with Gasteiger partial charge in [0.1, 0.15) is 0 Å². The molecule has 2 rings (SSSR count). The van der Waals surface area contributed by atoms with Gasteiger partial charge in [0.05, 0.1) is 17.2 Å². The third kappa shape index (κ3) is 3.53. The molecule has 0 aliphatic rings. The zero-order chi connectivity index (χ0) is 13.7. The van der Waals surface area contributed by atoms with Gasteiger partial charge in [-0.1, -0.05) is 28.4 Å². The van der Waals surface area contributed by atoms with Crippen LogP contribution in [0.15, 0.2) is 46.4 Å². The first-order valence-corrected chi connectivity index (χ1v) is 7.27. The minimum Gasteiger partial charge on any atom is -0.299 e. The Morgan fingerprint density at radius 1 is 1.32 bits per heavy atom. The Bertz CT molecular complexity index is 634. The molecule has 0 spiro atoms. The normalized spacial score (nSPS) is 10.8. The Hall–Kier alpha value is -1.42. The molecule has 19 heavy (non-hydrogen) atoms. The monoisotopic (exact) mass is 320 g/mol. The van der Waals surface area contributed by atoms with E-state index in [0.29, 0.717) is 5.39 Å². The second kappa shape index (κ2) is 6.66. The second-order valence-corrected chi connectivity index (χ2v) is 5.46. The highest BCUT2D eigenvalue weighted by Gasteiger charge is 2.04. The molecule has 0 saturated heterocycles. The molecule has 0 aliphatic carbocycles. The van der Waals surface area contributed by atoms with Crippen LogP contribution in [-0.4, -0.2) is 9.55 Å². The average molecular weight is 321 g/mol. The first-order valence-electron chi connectivity index (χ1n) is 6.48. The van der Waals surface area contributed by atoms with E-state index in [-0.39, 0.29) is 5.56 Å². The van der Waals surface area contributed by atoms with Crippen molar-refractivity contribution < 1.29 is 0 Å². The first kappa shape index (κ1) is 14.0. The van der Waals surface area contributed by atoms with Crippen molar-refractivity contribution >= 4 is 26.8 Å². The van der Waals surface area contributed by atoms with Crippen molar-refractivity contribution in [2.75, 3.05) is 0 Å². The molecule has 0 saturated carbocycles. The van der Waals surface area contributed by atoms with Crippen LogP contribution in [0.4, 0.5) is 0 Å². The van der Waals surface area contributed by atoms with Crippen molar-refractivity contribution in [2.45, 2.75) is 32.2 Å². The van der Waals surface area contributed by atoms with Crippen LogP contribution in [0, 0.1) is 0 Å². The lowest BCUT2D eigenvalue weighted by atomic mass is 10.2. The van der Waals surface area contributed by atoms with Crippen LogP contribution in [0.5, 0.6) is 0 Å². The van der Waals surface area contributed by atoms with Gasteiger partial charge in [-0.3, -0.25) is 9.36 Å². The number of rotatable bonds is 6. The molecule has 1 aromatic carbocycles. The Morgan fingerprint density at radius 3 is 2.95 bits per heavy atom. The fraction of sp³-hybridized carbons (Fsp3) is 0.333. The molecule has 1 heterocycles. The number of unbranched alkanes of at least 4 members (excludes halogenated alkanes) is 3. The summed E-state index contributed by atoms with van der Waals surface area (Å²) in [6.45, 7) is 4.43. The zero-order valence-electron chi connectivity index (χ0n) is 10.8. The molecular weight excluding hydrogens is 304 g/mol. The van der Waals surface area contributed by atoms with Crippen molar-refractivity contribution in [2.24, 2.45) is 0 Å². The summed E-state index contributed by atoms with van der Waals surface area (Å²) in [7, 11) is 0. The summed E-state index contributed by atoms with van der Waals surface area (Å²) in [4.78, 5) is 16.6. The number of hydrogen-bond donors (Lipinski definition) is 0. The summed E-state index contributed by atoms with van der Waals surface area (Å²) in [5.74, 6) is 0. The lowest BCUT2D eigenvalue weighted by Gasteiger charge is -2.06. The van der Waals surface area contributed by atoms with Gasteiger partial charge in [0.15, 0.2) is 0 Å². The summed E-state index contributed by atoms with van der Waals surface area (Å²) in [5, 5.41) is 0.678. The van der Waals surface area contributed by atoms with E-state index in [4.69, 9.17) is 0 Å². The van der Waals surface area contributed by atoms with Gasteiger partial charge in [-0.25, -0.2) is 4.98 Å². The first-order chi connectivity index (χ1) is 9.22. The van der Waals surface area contributed by atoms with E-state index in [1.807, 2.05) is 24.3 Å². The number of aromatic nitrogens is 2. The second-order valence-electron chi connectivity index (χ2n) is 4.54. The number of hydrogen-bond acceptors (Lipinski definition) is 2. The van der Waals surface area contributed by atoms with Gasteiger partial charge in [0.2, 0.25) is 0 Å². The summed E-state index contributed by atoms with van der Waals surface area (Å²) >= 11 is 3.38. The van der Waals surface area contributed by atoms with Gasteiger partial charge < -0.3 is 0 Å². The van der Waals surface area contributed by atoms with E-state index in [2.05, 4.69) is 27.5 Å². The molecule has 3 nitrogen and oxygen atoms in total. The number of halogens is 1. The van der Waals surface area contributed by atoms with Crippen molar-refractivity contribution in [3.05, 3.63) is 52.0 Å². The van der Waals surface area contributed by atoms with Crippen LogP contribution in [-0.2, 0) is 6.54 Å². The van der Waals surface area contributed by atoms with Crippen LogP contribution in [0.2, 0.25) is 0 Å². The molecule has 4 heteroatoms. The van der Waals surface area contributed by atoms with Crippen molar-refractivity contribution in [3.63, 3.8) is 0 Å². The van der Waals surface area contributed by atoms with Crippen LogP contribution in [0.1, 0.15) is 25.7 Å². The highest BCUT2D eigenvalue weighted by atomic mass is 79.9. The van der Waals surface area contributed by atoms with Crippen molar-refractivity contribution in [1.29, 1.82) is 0 Å². The van der Waals surface area contributed by atoms with E-state index >= 15 is 0 Å². The summed E-state index contributed by atoms with van der Waals surface area (Å²) in [6.07, 6.45) is 7.85. The van der Waals surface area contributed by atoms with E-state index in [1.54, 1.807) is 10.9 Å². The van der Waals surface area contributed by atoms with Gasteiger partial charge in [-0.05, 0) is 37.5 Å². The standard InChI is InChI=1S/C15H17BrN2O/c1-2-3-4-5-6-9-18-11-17-14-10-12(16)7-8-13(14)15(18)19/h2,7-8,10-11H,1,3-6,9H2. The molecular formula is C15H17BrN2O. The molecule has 0 bridgehead atoms. The number of fused-ring (bicyclic) bond motifs is 1. The maximum Gasteiger partial charge on any atom is 0.261 e. The Balaban J connectivity index is 2.12. The smallest absolute Gasteiger partial charge is 0.261 e. The van der Waals surface area contributed by atoms with Crippen LogP contribution >= 0.6 is 15.9 Å². The maximum atomic E-state index is 12.3. The number of nitrogens with zero attached hydrogens (tertiary/aromatic N) is 2. The van der Waals surface area contributed by atoms with Crippen LogP contribution in [0.3, 0.4) is 0 Å². The number of aryl methyl sites for hydroxylation is 1. The lowest BCUT2D eigenvalue weighted by molar-refractivity contribution is 0.574. The van der Waals surface area contributed by atoms with Crippen LogP contribution < -0.4 is 5.56 Å². The summed E-state index contributed by atoms with van der Waals surface area (Å²) in [6, 6.07) is 5.56. The largest absolute Gasteiger partial charge is 0.299 e. The predicted molar refractivity (Wildman–Crippen MR) is 82.4 cm³/mol. The Kier molecular flexibility index (Phi) is 4.91. The fourth-order valence-corrected chi connectivity index (χ4v) is 2.39. The van der Waals surface area contributed by atoms with E-state index in [0.717, 1.165) is 42.2 Å². The minimum absolute atomic E-state index is 0.0428. The van der Waals surface area contributed by atoms with E-state index < -0.39 is 0 Å². The quantitative estimate of drug-likeness (QED) is 0.597. The van der Waals surface area contributed by atoms with Gasteiger partial charge in [-0.2, -0.15) is 0 Å². The zero-order valence-corrected chi connectivity index (χ0v) is 12.4. The van der Waals surface area contributed by atoms with Crippen LogP contribution in [0.25, 0.3) is 10.9 Å². The highest BCUT2D eigenvalue weighted by Crippen LogP contribution is 2.15. The van der Waals surface area contributed by atoms with Gasteiger partial charge >= 0.3 is 0 Å². The Morgan fingerprint density at radius 2 is 2.16 bits per heavy atom. The molecule has 0 atom stereocenters. The SMILES string of the molecule is C=CCCCCCn1cnc2cc(Br)ccc2c1=O. The van der Waals surface area contributed by atoms with Gasteiger partial charge in [0, 0.05) is 11.0 Å². The van der Waals surface area contributed by atoms with Gasteiger partial charge in [-0.15, -0.1) is 6.58 Å². The van der Waals surface area contributed by atoms with Crippen molar-refractivity contribution in [3.8, 4) is 0 Å². The summed E-state index contributed by atoms with van der Waals surface area (Å²) < 4.78 is 2.64. The van der Waals surface area contributed by atoms with E-state index in [1.165, 1.54) is 0 Å². The number of benzene rings is 1. The van der Waals surface area contributed by atoms with Gasteiger partial charge in [0.25, 0.3) is 5.56 Å². The average Bonchev–Trinajstić information content (AvgIpc) is 2.41. The fourth-order valence-electron chi connectivity index (χ4n) is 2.04. The van der Waals surface area contributed by atoms with E-state index in [9.17, 15) is 4.79 Å². The molecule has 0 unspecified atom stereocenters. The third-order valence-corrected chi connectivity index (χ3v) is 3.59. The molecule has 1 aromatic heterocycles. The minimum atomic E-state index is 0.0428. The summed E-state index contributed by atoms with van der Waals surface area (Å²) in [5.41, 5.74) is 0.781. The molecule has 2 aromatic rings. The Labute approximate surface area is 121 Å². The lowest BCUT2D eigenvalue weighted by Crippen LogP contribution is -2.20. The molecule has 0 radical (unpaired) electrons. The van der Waals surface area contributed by atoms with Crippen molar-refractivity contribution in [1.82, 2.24) is 9.55 Å². The molecule has 0 amide bonds. The molecule has 0 fully saturated rings.